The predicted molar refractivity (Wildman–Crippen MR) is 160 cm³/mol. The number of likely N-dealkylation sites (tertiary alicyclic amines) is 1. The summed E-state index contributed by atoms with van der Waals surface area (Å²) in [5.41, 5.74) is -1.62. The summed E-state index contributed by atoms with van der Waals surface area (Å²) in [5, 5.41) is 21.9. The van der Waals surface area contributed by atoms with Gasteiger partial charge in [-0.1, -0.05) is 29.8 Å². The molecule has 0 saturated carbocycles. The van der Waals surface area contributed by atoms with E-state index in [4.69, 9.17) is 21.1 Å². The number of methoxy groups -OCH3 is 1. The lowest BCUT2D eigenvalue weighted by molar-refractivity contribution is -0.273. The summed E-state index contributed by atoms with van der Waals surface area (Å²) in [5.74, 6) is 1.37. The van der Waals surface area contributed by atoms with Gasteiger partial charge >= 0.3 is 6.18 Å². The molecule has 0 spiro atoms. The summed E-state index contributed by atoms with van der Waals surface area (Å²) in [7, 11) is 4.99. The zero-order valence-electron chi connectivity index (χ0n) is 25.1. The first kappa shape index (κ1) is 32.3. The molecule has 0 bridgehead atoms. The third-order valence-corrected chi connectivity index (χ3v) is 9.79. The van der Waals surface area contributed by atoms with E-state index in [0.29, 0.717) is 35.5 Å². The molecule has 43 heavy (non-hydrogen) atoms. The smallest absolute Gasteiger partial charge is 0.424 e. The highest BCUT2D eigenvalue weighted by atomic mass is 35.5. The van der Waals surface area contributed by atoms with Crippen molar-refractivity contribution < 1.29 is 32.9 Å². The SMILES string of the molecule is COc1cccc([C@@](O)(C2OC2N2CCCC(CC3CCN(c4ccc(C(O)N(C)C)c(Cl)c4)CC3)CC2)C(F)(F)F)c1. The molecule has 238 valence electrons. The molecule has 0 amide bonds. The molecule has 0 aliphatic carbocycles. The van der Waals surface area contributed by atoms with E-state index in [0.717, 1.165) is 57.3 Å². The summed E-state index contributed by atoms with van der Waals surface area (Å²) in [6.45, 7) is 3.18. The number of aliphatic hydroxyl groups is 2. The van der Waals surface area contributed by atoms with Gasteiger partial charge in [0, 0.05) is 42.5 Å². The number of nitrogens with zero attached hydrogens (tertiary/aromatic N) is 3. The van der Waals surface area contributed by atoms with E-state index < -0.39 is 30.3 Å². The van der Waals surface area contributed by atoms with Crippen molar-refractivity contribution in [1.29, 1.82) is 0 Å². The third-order valence-electron chi connectivity index (χ3n) is 9.46. The Morgan fingerprint density at radius 2 is 1.72 bits per heavy atom. The topological polar surface area (TPSA) is 71.9 Å². The van der Waals surface area contributed by atoms with Crippen LogP contribution in [0.2, 0.25) is 5.02 Å². The van der Waals surface area contributed by atoms with Crippen molar-refractivity contribution in [3.05, 3.63) is 58.6 Å². The first-order valence-electron chi connectivity index (χ1n) is 15.1. The highest BCUT2D eigenvalue weighted by Gasteiger charge is 2.69. The van der Waals surface area contributed by atoms with E-state index in [9.17, 15) is 23.4 Å². The summed E-state index contributed by atoms with van der Waals surface area (Å²) in [6, 6.07) is 11.4. The Kier molecular flexibility index (Phi) is 9.85. The van der Waals surface area contributed by atoms with E-state index in [-0.39, 0.29) is 11.3 Å². The molecule has 5 atom stereocenters. The average Bonchev–Trinajstić information content (AvgIpc) is 3.81. The molecule has 3 aliphatic heterocycles. The Bertz CT molecular complexity index is 1240. The molecule has 3 fully saturated rings. The molecule has 7 nitrogen and oxygen atoms in total. The van der Waals surface area contributed by atoms with Gasteiger partial charge in [0.05, 0.1) is 7.11 Å². The maximum atomic E-state index is 14.3. The van der Waals surface area contributed by atoms with E-state index >= 15 is 0 Å². The number of epoxide rings is 1. The molecule has 0 aromatic heterocycles. The van der Waals surface area contributed by atoms with Gasteiger partial charge in [0.25, 0.3) is 0 Å². The fourth-order valence-corrected chi connectivity index (χ4v) is 7.09. The van der Waals surface area contributed by atoms with Crippen molar-refractivity contribution in [2.24, 2.45) is 11.8 Å². The standard InChI is InChI=1S/C32H43ClF3N3O4/c1-37(2)29(40)26-10-9-24(20-27(26)33)38-15-11-22(12-16-38)18-21-6-5-14-39(17-13-21)30-28(43-30)31(41,32(34,35)36)23-7-4-8-25(19-23)42-3/h4,7-10,19-22,28-30,40-41H,5-6,11-18H2,1-3H3/t21?,28?,29?,30?,31-/m1/s1. The lowest BCUT2D eigenvalue weighted by Crippen LogP contribution is -2.49. The second-order valence-corrected chi connectivity index (χ2v) is 12.9. The molecule has 2 N–H and O–H groups in total. The van der Waals surface area contributed by atoms with Crippen molar-refractivity contribution in [2.75, 3.05) is 52.3 Å². The van der Waals surface area contributed by atoms with Gasteiger partial charge in [-0.15, -0.1) is 0 Å². The van der Waals surface area contributed by atoms with Gasteiger partial charge in [-0.25, -0.2) is 0 Å². The largest absolute Gasteiger partial charge is 0.497 e. The fraction of sp³-hybridized carbons (Fsp3) is 0.625. The van der Waals surface area contributed by atoms with E-state index in [1.165, 1.54) is 25.3 Å². The van der Waals surface area contributed by atoms with Crippen LogP contribution >= 0.6 is 11.6 Å². The van der Waals surface area contributed by atoms with Crippen LogP contribution in [0.3, 0.4) is 0 Å². The van der Waals surface area contributed by atoms with Gasteiger partial charge in [-0.3, -0.25) is 9.80 Å². The molecular weight excluding hydrogens is 583 g/mol. The summed E-state index contributed by atoms with van der Waals surface area (Å²) >= 11 is 6.50. The minimum Gasteiger partial charge on any atom is -0.497 e. The number of aliphatic hydroxyl groups excluding tert-OH is 1. The van der Waals surface area contributed by atoms with Crippen LogP contribution < -0.4 is 9.64 Å². The maximum absolute atomic E-state index is 14.3. The van der Waals surface area contributed by atoms with Crippen molar-refractivity contribution in [3.63, 3.8) is 0 Å². The van der Waals surface area contributed by atoms with Crippen LogP contribution in [0.15, 0.2) is 42.5 Å². The van der Waals surface area contributed by atoms with Gasteiger partial charge in [0.1, 0.15) is 24.3 Å². The normalized spacial score (nSPS) is 26.2. The molecule has 2 aromatic carbocycles. The maximum Gasteiger partial charge on any atom is 0.424 e. The zero-order valence-corrected chi connectivity index (χ0v) is 25.8. The van der Waals surface area contributed by atoms with Crippen molar-refractivity contribution >= 4 is 17.3 Å². The number of benzene rings is 2. The molecule has 3 aliphatic rings. The second kappa shape index (κ2) is 13.1. The Balaban J connectivity index is 1.13. The monoisotopic (exact) mass is 625 g/mol. The minimum atomic E-state index is -4.90. The number of hydrogen-bond donors (Lipinski definition) is 2. The Labute approximate surface area is 257 Å². The Morgan fingerprint density at radius 1 is 1.02 bits per heavy atom. The first-order valence-corrected chi connectivity index (χ1v) is 15.5. The van der Waals surface area contributed by atoms with Crippen molar-refractivity contribution in [1.82, 2.24) is 9.80 Å². The lowest BCUT2D eigenvalue weighted by Gasteiger charge is -2.35. The summed E-state index contributed by atoms with van der Waals surface area (Å²) in [6.07, 6.45) is -1.69. The molecule has 11 heteroatoms. The average molecular weight is 626 g/mol. The van der Waals surface area contributed by atoms with Crippen LogP contribution in [-0.4, -0.2) is 85.9 Å². The lowest BCUT2D eigenvalue weighted by atomic mass is 9.84. The molecular formula is C32H43ClF3N3O4. The van der Waals surface area contributed by atoms with Crippen LogP contribution in [0.4, 0.5) is 18.9 Å². The molecule has 3 saturated heterocycles. The molecule has 0 radical (unpaired) electrons. The van der Waals surface area contributed by atoms with Crippen LogP contribution in [0.1, 0.15) is 55.9 Å². The molecule has 4 unspecified atom stereocenters. The summed E-state index contributed by atoms with van der Waals surface area (Å²) in [4.78, 5) is 6.03. The van der Waals surface area contributed by atoms with Crippen molar-refractivity contribution in [2.45, 2.75) is 68.9 Å². The van der Waals surface area contributed by atoms with E-state index in [1.807, 2.05) is 23.1 Å². The second-order valence-electron chi connectivity index (χ2n) is 12.5. The quantitative estimate of drug-likeness (QED) is 0.270. The van der Waals surface area contributed by atoms with Crippen LogP contribution in [0, 0.1) is 11.8 Å². The van der Waals surface area contributed by atoms with E-state index in [2.05, 4.69) is 4.90 Å². The van der Waals surface area contributed by atoms with Crippen LogP contribution in [0.25, 0.3) is 0 Å². The number of piperidine rings is 1. The highest BCUT2D eigenvalue weighted by Crippen LogP contribution is 2.51. The highest BCUT2D eigenvalue weighted by molar-refractivity contribution is 6.31. The first-order chi connectivity index (χ1) is 20.4. The third kappa shape index (κ3) is 6.94. The van der Waals surface area contributed by atoms with Gasteiger partial charge in [0.15, 0.2) is 0 Å². The number of rotatable bonds is 9. The Hall–Kier alpha value is -2.08. The molecule has 2 aromatic rings. The van der Waals surface area contributed by atoms with Crippen LogP contribution in [-0.2, 0) is 10.3 Å². The van der Waals surface area contributed by atoms with Gasteiger partial charge in [-0.2, -0.15) is 13.2 Å². The number of halogens is 4. The van der Waals surface area contributed by atoms with Crippen molar-refractivity contribution in [3.8, 4) is 5.75 Å². The van der Waals surface area contributed by atoms with Crippen LogP contribution in [0.5, 0.6) is 5.75 Å². The predicted octanol–water partition coefficient (Wildman–Crippen LogP) is 5.78. The van der Waals surface area contributed by atoms with E-state index in [1.54, 1.807) is 25.1 Å². The molecule has 5 rings (SSSR count). The van der Waals surface area contributed by atoms with Gasteiger partial charge in [-0.05, 0) is 94.3 Å². The fourth-order valence-electron chi connectivity index (χ4n) is 6.81. The summed E-state index contributed by atoms with van der Waals surface area (Å²) < 4.78 is 53.5. The Morgan fingerprint density at radius 3 is 2.37 bits per heavy atom. The molecule has 3 heterocycles. The number of ether oxygens (including phenoxy) is 2. The number of anilines is 1. The van der Waals surface area contributed by atoms with Gasteiger partial charge in [0.2, 0.25) is 5.60 Å². The minimum absolute atomic E-state index is 0.252. The number of hydrogen-bond acceptors (Lipinski definition) is 7. The zero-order chi connectivity index (χ0) is 30.9. The van der Waals surface area contributed by atoms with Gasteiger partial charge < -0.3 is 24.6 Å². The number of alkyl halides is 3.